The molecule has 8 heteroatoms. The average Bonchev–Trinajstić information content (AvgIpc) is 2.89. The van der Waals surface area contributed by atoms with E-state index in [9.17, 15) is 19.5 Å². The second kappa shape index (κ2) is 7.32. The Labute approximate surface area is 161 Å². The summed E-state index contributed by atoms with van der Waals surface area (Å²) in [7, 11) is 2.89. The van der Waals surface area contributed by atoms with Gasteiger partial charge >= 0.3 is 0 Å². The number of fused-ring (bicyclic) bond motifs is 1. The molecule has 1 unspecified atom stereocenters. The SMILES string of the molecule is COc1ccc(C(=O)CC2(O)C(=O)N(CC(N)=O)c3ccccc32)c(OC)c1. The Morgan fingerprint density at radius 3 is 2.50 bits per heavy atom. The van der Waals surface area contributed by atoms with Crippen molar-refractivity contribution in [1.82, 2.24) is 0 Å². The lowest BCUT2D eigenvalue weighted by Gasteiger charge is -2.22. The number of hydrogen-bond donors (Lipinski definition) is 2. The van der Waals surface area contributed by atoms with Gasteiger partial charge < -0.3 is 20.3 Å². The van der Waals surface area contributed by atoms with Crippen LogP contribution in [0.15, 0.2) is 42.5 Å². The maximum atomic E-state index is 12.9. The fraction of sp³-hybridized carbons (Fsp3) is 0.250. The van der Waals surface area contributed by atoms with Crippen LogP contribution in [0.1, 0.15) is 22.3 Å². The van der Waals surface area contributed by atoms with Crippen LogP contribution in [-0.2, 0) is 15.2 Å². The van der Waals surface area contributed by atoms with Crippen molar-refractivity contribution in [2.75, 3.05) is 25.7 Å². The molecule has 0 bridgehead atoms. The van der Waals surface area contributed by atoms with Crippen LogP contribution in [0.4, 0.5) is 5.69 Å². The van der Waals surface area contributed by atoms with Crippen molar-refractivity contribution in [3.63, 3.8) is 0 Å². The molecule has 28 heavy (non-hydrogen) atoms. The monoisotopic (exact) mass is 384 g/mol. The van der Waals surface area contributed by atoms with Crippen molar-refractivity contribution in [1.29, 1.82) is 0 Å². The zero-order chi connectivity index (χ0) is 20.5. The van der Waals surface area contributed by atoms with Crippen molar-refractivity contribution in [2.24, 2.45) is 5.73 Å². The molecule has 8 nitrogen and oxygen atoms in total. The highest BCUT2D eigenvalue weighted by Crippen LogP contribution is 2.43. The Morgan fingerprint density at radius 2 is 1.86 bits per heavy atom. The minimum absolute atomic E-state index is 0.204. The van der Waals surface area contributed by atoms with Gasteiger partial charge in [0.05, 0.1) is 31.9 Å². The number of carbonyl (C=O) groups excluding carboxylic acids is 3. The molecule has 2 amide bonds. The number of Topliss-reactive ketones (excluding diaryl/α,β-unsaturated/α-hetero) is 1. The van der Waals surface area contributed by atoms with Crippen LogP contribution >= 0.6 is 0 Å². The van der Waals surface area contributed by atoms with Crippen molar-refractivity contribution >= 4 is 23.3 Å². The maximum Gasteiger partial charge on any atom is 0.264 e. The molecular weight excluding hydrogens is 364 g/mol. The Hall–Kier alpha value is -3.39. The molecule has 0 fully saturated rings. The normalized spacial score (nSPS) is 18.0. The van der Waals surface area contributed by atoms with E-state index in [1.54, 1.807) is 36.4 Å². The molecule has 0 saturated carbocycles. The van der Waals surface area contributed by atoms with E-state index in [1.807, 2.05) is 0 Å². The molecular formula is C20H20N2O6. The summed E-state index contributed by atoms with van der Waals surface area (Å²) in [5, 5.41) is 11.2. The highest BCUT2D eigenvalue weighted by atomic mass is 16.5. The van der Waals surface area contributed by atoms with Crippen LogP contribution < -0.4 is 20.1 Å². The first kappa shape index (κ1) is 19.4. The van der Waals surface area contributed by atoms with Gasteiger partial charge in [-0.05, 0) is 18.2 Å². The minimum atomic E-state index is -2.10. The molecule has 1 aliphatic heterocycles. The third kappa shape index (κ3) is 3.18. The lowest BCUT2D eigenvalue weighted by molar-refractivity contribution is -0.136. The molecule has 1 aliphatic rings. The standard InChI is InChI=1S/C20H20N2O6/c1-27-12-7-8-13(17(9-12)28-2)16(23)10-20(26)14-5-3-4-6-15(14)22(19(20)25)11-18(21)24/h3-9,26H,10-11H2,1-2H3,(H2,21,24). The number of benzene rings is 2. The maximum absolute atomic E-state index is 12.9. The summed E-state index contributed by atoms with van der Waals surface area (Å²) in [5.41, 5.74) is 3.93. The van der Waals surface area contributed by atoms with Crippen molar-refractivity contribution in [3.05, 3.63) is 53.6 Å². The fourth-order valence-electron chi connectivity index (χ4n) is 3.35. The number of primary amides is 1. The Bertz CT molecular complexity index is 957. The topological polar surface area (TPSA) is 119 Å². The van der Waals surface area contributed by atoms with Gasteiger partial charge in [0.2, 0.25) is 5.91 Å². The number of nitrogens with zero attached hydrogens (tertiary/aromatic N) is 1. The first-order valence-electron chi connectivity index (χ1n) is 8.49. The third-order valence-corrected chi connectivity index (χ3v) is 4.68. The van der Waals surface area contributed by atoms with Crippen LogP contribution in [0.3, 0.4) is 0 Å². The van der Waals surface area contributed by atoms with Crippen molar-refractivity contribution in [2.45, 2.75) is 12.0 Å². The van der Waals surface area contributed by atoms with Gasteiger partial charge in [0, 0.05) is 11.6 Å². The summed E-state index contributed by atoms with van der Waals surface area (Å²) in [4.78, 5) is 38.3. The number of nitrogens with two attached hydrogens (primary N) is 1. The van der Waals surface area contributed by atoms with E-state index in [0.717, 1.165) is 4.90 Å². The van der Waals surface area contributed by atoms with E-state index in [0.29, 0.717) is 11.4 Å². The van der Waals surface area contributed by atoms with E-state index >= 15 is 0 Å². The first-order valence-corrected chi connectivity index (χ1v) is 8.49. The second-order valence-electron chi connectivity index (χ2n) is 6.40. The van der Waals surface area contributed by atoms with Crippen LogP contribution in [0, 0.1) is 0 Å². The van der Waals surface area contributed by atoms with Crippen molar-refractivity contribution in [3.8, 4) is 11.5 Å². The molecule has 0 aromatic heterocycles. The summed E-state index contributed by atoms with van der Waals surface area (Å²) in [6.45, 7) is -0.391. The largest absolute Gasteiger partial charge is 0.497 e. The highest BCUT2D eigenvalue weighted by molar-refractivity contribution is 6.12. The summed E-state index contributed by atoms with van der Waals surface area (Å²) in [6, 6.07) is 11.1. The number of ketones is 1. The predicted octanol–water partition coefficient (Wildman–Crippen LogP) is 0.996. The summed E-state index contributed by atoms with van der Waals surface area (Å²) in [5.74, 6) is -1.22. The first-order chi connectivity index (χ1) is 13.3. The molecule has 3 N–H and O–H groups in total. The number of carbonyl (C=O) groups is 3. The number of rotatable bonds is 7. The van der Waals surface area contributed by atoms with Crippen LogP contribution in [0.5, 0.6) is 11.5 Å². The zero-order valence-corrected chi connectivity index (χ0v) is 15.5. The van der Waals surface area contributed by atoms with Gasteiger partial charge in [0.15, 0.2) is 11.4 Å². The summed E-state index contributed by atoms with van der Waals surface area (Å²) < 4.78 is 10.4. The van der Waals surface area contributed by atoms with Gasteiger partial charge in [-0.3, -0.25) is 19.3 Å². The van der Waals surface area contributed by atoms with Gasteiger partial charge in [-0.2, -0.15) is 0 Å². The summed E-state index contributed by atoms with van der Waals surface area (Å²) >= 11 is 0. The molecule has 0 saturated heterocycles. The third-order valence-electron chi connectivity index (χ3n) is 4.68. The Kier molecular flexibility index (Phi) is 5.06. The van der Waals surface area contributed by atoms with Gasteiger partial charge in [0.25, 0.3) is 5.91 Å². The number of methoxy groups -OCH3 is 2. The zero-order valence-electron chi connectivity index (χ0n) is 15.5. The van der Waals surface area contributed by atoms with E-state index < -0.39 is 36.2 Å². The number of amides is 2. The molecule has 1 heterocycles. The fourth-order valence-corrected chi connectivity index (χ4v) is 3.35. The lowest BCUT2D eigenvalue weighted by Crippen LogP contribution is -2.44. The van der Waals surface area contributed by atoms with Crippen molar-refractivity contribution < 1.29 is 29.0 Å². The van der Waals surface area contributed by atoms with Crippen LogP contribution in [0.25, 0.3) is 0 Å². The minimum Gasteiger partial charge on any atom is -0.497 e. The van der Waals surface area contributed by atoms with E-state index in [4.69, 9.17) is 15.2 Å². The molecule has 2 aromatic carbocycles. The number of anilines is 1. The number of ether oxygens (including phenoxy) is 2. The van der Waals surface area contributed by atoms with Gasteiger partial charge in [-0.25, -0.2) is 0 Å². The predicted molar refractivity (Wildman–Crippen MR) is 100 cm³/mol. The smallest absolute Gasteiger partial charge is 0.264 e. The Balaban J connectivity index is 1.98. The number of para-hydroxylation sites is 1. The second-order valence-corrected chi connectivity index (χ2v) is 6.40. The highest BCUT2D eigenvalue weighted by Gasteiger charge is 2.51. The van der Waals surface area contributed by atoms with Gasteiger partial charge in [-0.1, -0.05) is 18.2 Å². The number of hydrogen-bond acceptors (Lipinski definition) is 6. The average molecular weight is 384 g/mol. The number of aliphatic hydroxyl groups is 1. The molecule has 0 spiro atoms. The quantitative estimate of drug-likeness (QED) is 0.687. The molecule has 146 valence electrons. The molecule has 0 radical (unpaired) electrons. The van der Waals surface area contributed by atoms with E-state index in [2.05, 4.69) is 0 Å². The molecule has 1 atom stereocenters. The van der Waals surface area contributed by atoms with E-state index in [1.165, 1.54) is 20.3 Å². The lowest BCUT2D eigenvalue weighted by atomic mass is 9.88. The van der Waals surface area contributed by atoms with Gasteiger partial charge in [0.1, 0.15) is 18.0 Å². The molecule has 3 rings (SSSR count). The molecule has 2 aromatic rings. The van der Waals surface area contributed by atoms with Gasteiger partial charge in [-0.15, -0.1) is 0 Å². The summed E-state index contributed by atoms with van der Waals surface area (Å²) in [6.07, 6.45) is -0.513. The van der Waals surface area contributed by atoms with Crippen LogP contribution in [-0.4, -0.2) is 43.5 Å². The molecule has 0 aliphatic carbocycles. The van der Waals surface area contributed by atoms with E-state index in [-0.39, 0.29) is 16.9 Å². The Morgan fingerprint density at radius 1 is 1.14 bits per heavy atom. The van der Waals surface area contributed by atoms with Crippen LogP contribution in [0.2, 0.25) is 0 Å².